The van der Waals surface area contributed by atoms with Crippen molar-refractivity contribution in [3.8, 4) is 5.75 Å². The molecular formula is C21H23NO3S2. The van der Waals surface area contributed by atoms with E-state index in [0.29, 0.717) is 17.9 Å². The van der Waals surface area contributed by atoms with Crippen LogP contribution in [0, 0.1) is 0 Å². The Kier molecular flexibility index (Phi) is 5.69. The Morgan fingerprint density at radius 1 is 1.00 bits per heavy atom. The zero-order valence-electron chi connectivity index (χ0n) is 15.4. The van der Waals surface area contributed by atoms with Gasteiger partial charge in [0, 0.05) is 6.26 Å². The highest BCUT2D eigenvalue weighted by atomic mass is 32.2. The van der Waals surface area contributed by atoms with Gasteiger partial charge >= 0.3 is 0 Å². The van der Waals surface area contributed by atoms with Gasteiger partial charge in [-0.15, -0.1) is 0 Å². The minimum atomic E-state index is -3.24. The topological polar surface area (TPSA) is 69.4 Å². The van der Waals surface area contributed by atoms with Crippen LogP contribution in [0.5, 0.6) is 5.75 Å². The lowest BCUT2D eigenvalue weighted by atomic mass is 9.80. The summed E-state index contributed by atoms with van der Waals surface area (Å²) in [6.45, 7) is 2.58. The highest BCUT2D eigenvalue weighted by molar-refractivity contribution is 7.90. The summed E-state index contributed by atoms with van der Waals surface area (Å²) >= 11 is 1.59. The van der Waals surface area contributed by atoms with E-state index in [1.54, 1.807) is 23.5 Å². The summed E-state index contributed by atoms with van der Waals surface area (Å²) in [6, 6.07) is 16.8. The average Bonchev–Trinajstić information content (AvgIpc) is 3.18. The van der Waals surface area contributed by atoms with Crippen LogP contribution in [-0.2, 0) is 21.8 Å². The molecule has 6 heteroatoms. The van der Waals surface area contributed by atoms with E-state index in [0.717, 1.165) is 22.4 Å². The second kappa shape index (κ2) is 7.84. The summed E-state index contributed by atoms with van der Waals surface area (Å²) in [5.74, 6) is 0.830. The van der Waals surface area contributed by atoms with Crippen molar-refractivity contribution in [1.82, 2.24) is 0 Å². The van der Waals surface area contributed by atoms with Gasteiger partial charge in [-0.1, -0.05) is 24.3 Å². The molecule has 0 bridgehead atoms. The van der Waals surface area contributed by atoms with E-state index >= 15 is 0 Å². The van der Waals surface area contributed by atoms with Crippen molar-refractivity contribution in [3.05, 3.63) is 82.0 Å². The molecule has 4 nitrogen and oxygen atoms in total. The van der Waals surface area contributed by atoms with Gasteiger partial charge in [-0.3, -0.25) is 0 Å². The molecule has 3 aromatic rings. The molecule has 2 N–H and O–H groups in total. The van der Waals surface area contributed by atoms with E-state index in [9.17, 15) is 8.42 Å². The van der Waals surface area contributed by atoms with Gasteiger partial charge in [0.2, 0.25) is 0 Å². The van der Waals surface area contributed by atoms with Gasteiger partial charge < -0.3 is 10.5 Å². The molecular weight excluding hydrogens is 378 g/mol. The first-order chi connectivity index (χ1) is 12.8. The lowest BCUT2D eigenvalue weighted by Gasteiger charge is -2.30. The summed E-state index contributed by atoms with van der Waals surface area (Å²) in [4.78, 5) is 0.292. The molecule has 2 aromatic carbocycles. The third-order valence-corrected chi connectivity index (χ3v) is 6.36. The maximum Gasteiger partial charge on any atom is 0.175 e. The molecule has 27 heavy (non-hydrogen) atoms. The molecule has 0 fully saturated rings. The van der Waals surface area contributed by atoms with Crippen molar-refractivity contribution in [2.24, 2.45) is 5.73 Å². The molecule has 0 aliphatic heterocycles. The standard InChI is InChI=1S/C21H23NO3S2/c1-3-25-19-8-4-16(5-9-19)14-21(22,18-12-13-26-15-18)17-6-10-20(11-7-17)27(2,23)24/h4-13,15H,3,14,22H2,1-2H3. The fourth-order valence-corrected chi connectivity index (χ4v) is 4.45. The predicted octanol–water partition coefficient (Wildman–Crippen LogP) is 4.00. The first-order valence-electron chi connectivity index (χ1n) is 8.67. The molecule has 1 aromatic heterocycles. The Bertz CT molecular complexity index is 979. The van der Waals surface area contributed by atoms with Gasteiger partial charge in [0.05, 0.1) is 17.0 Å². The molecule has 3 rings (SSSR count). The number of benzene rings is 2. The van der Waals surface area contributed by atoms with Gasteiger partial charge in [0.15, 0.2) is 9.84 Å². The Balaban J connectivity index is 1.98. The smallest absolute Gasteiger partial charge is 0.175 e. The van der Waals surface area contributed by atoms with Crippen LogP contribution in [0.15, 0.2) is 70.3 Å². The fourth-order valence-electron chi connectivity index (χ4n) is 3.08. The van der Waals surface area contributed by atoms with Crippen molar-refractivity contribution in [2.75, 3.05) is 12.9 Å². The SMILES string of the molecule is CCOc1ccc(CC(N)(c2ccc(S(C)(=O)=O)cc2)c2ccsc2)cc1. The predicted molar refractivity (Wildman–Crippen MR) is 110 cm³/mol. The number of nitrogens with two attached hydrogens (primary N) is 1. The van der Waals surface area contributed by atoms with E-state index in [4.69, 9.17) is 10.5 Å². The lowest BCUT2D eigenvalue weighted by Crippen LogP contribution is -2.40. The van der Waals surface area contributed by atoms with Crippen molar-refractivity contribution in [1.29, 1.82) is 0 Å². The highest BCUT2D eigenvalue weighted by Gasteiger charge is 2.30. The number of ether oxygens (including phenoxy) is 1. The number of hydrogen-bond donors (Lipinski definition) is 1. The Hall–Kier alpha value is -2.15. The summed E-state index contributed by atoms with van der Waals surface area (Å²) in [5.41, 5.74) is 9.12. The van der Waals surface area contributed by atoms with E-state index in [1.807, 2.05) is 60.1 Å². The molecule has 1 unspecified atom stereocenters. The zero-order chi connectivity index (χ0) is 19.5. The van der Waals surface area contributed by atoms with E-state index < -0.39 is 15.4 Å². The first-order valence-corrected chi connectivity index (χ1v) is 11.5. The maximum absolute atomic E-state index is 11.8. The van der Waals surface area contributed by atoms with Crippen molar-refractivity contribution in [3.63, 3.8) is 0 Å². The Labute approximate surface area is 164 Å². The average molecular weight is 402 g/mol. The van der Waals surface area contributed by atoms with Crippen molar-refractivity contribution >= 4 is 21.2 Å². The molecule has 0 spiro atoms. The molecule has 1 atom stereocenters. The number of sulfone groups is 1. The van der Waals surface area contributed by atoms with Crippen LogP contribution in [0.4, 0.5) is 0 Å². The second-order valence-electron chi connectivity index (χ2n) is 6.53. The molecule has 0 radical (unpaired) electrons. The molecule has 0 aliphatic rings. The van der Waals surface area contributed by atoms with Crippen LogP contribution in [0.2, 0.25) is 0 Å². The quantitative estimate of drug-likeness (QED) is 0.650. The fraction of sp³-hybridized carbons (Fsp3) is 0.238. The maximum atomic E-state index is 11.8. The summed E-state index contributed by atoms with van der Waals surface area (Å²) in [5, 5.41) is 4.04. The first kappa shape index (κ1) is 19.6. The van der Waals surface area contributed by atoms with Crippen molar-refractivity contribution < 1.29 is 13.2 Å². The highest BCUT2D eigenvalue weighted by Crippen LogP contribution is 2.33. The van der Waals surface area contributed by atoms with Crippen molar-refractivity contribution in [2.45, 2.75) is 23.8 Å². The number of rotatable bonds is 7. The van der Waals surface area contributed by atoms with Gasteiger partial charge in [-0.2, -0.15) is 11.3 Å². The monoisotopic (exact) mass is 401 g/mol. The molecule has 142 valence electrons. The minimum Gasteiger partial charge on any atom is -0.494 e. The summed E-state index contributed by atoms with van der Waals surface area (Å²) in [6.07, 6.45) is 1.80. The Morgan fingerprint density at radius 3 is 2.19 bits per heavy atom. The second-order valence-corrected chi connectivity index (χ2v) is 9.33. The van der Waals surface area contributed by atoms with E-state index in [-0.39, 0.29) is 0 Å². The van der Waals surface area contributed by atoms with Gasteiger partial charge in [-0.05, 0) is 71.1 Å². The van der Waals surface area contributed by atoms with E-state index in [2.05, 4.69) is 0 Å². The number of hydrogen-bond acceptors (Lipinski definition) is 5. The van der Waals surface area contributed by atoms with Crippen LogP contribution in [0.3, 0.4) is 0 Å². The largest absolute Gasteiger partial charge is 0.494 e. The Morgan fingerprint density at radius 2 is 1.67 bits per heavy atom. The van der Waals surface area contributed by atoms with Gasteiger partial charge in [-0.25, -0.2) is 8.42 Å². The van der Waals surface area contributed by atoms with Crippen LogP contribution < -0.4 is 10.5 Å². The third kappa shape index (κ3) is 4.40. The number of thiophene rings is 1. The molecule has 0 aliphatic carbocycles. The van der Waals surface area contributed by atoms with E-state index in [1.165, 1.54) is 6.26 Å². The van der Waals surface area contributed by atoms with Crippen LogP contribution in [-0.4, -0.2) is 21.3 Å². The third-order valence-electron chi connectivity index (χ3n) is 4.55. The summed E-state index contributed by atoms with van der Waals surface area (Å²) in [7, 11) is -3.24. The molecule has 0 amide bonds. The van der Waals surface area contributed by atoms with Crippen LogP contribution >= 0.6 is 11.3 Å². The summed E-state index contributed by atoms with van der Waals surface area (Å²) < 4.78 is 29.0. The van der Waals surface area contributed by atoms with Gasteiger partial charge in [0.25, 0.3) is 0 Å². The molecule has 1 heterocycles. The molecule has 0 saturated heterocycles. The van der Waals surface area contributed by atoms with Crippen LogP contribution in [0.25, 0.3) is 0 Å². The molecule has 0 saturated carbocycles. The normalized spacial score (nSPS) is 13.9. The zero-order valence-corrected chi connectivity index (χ0v) is 17.0. The lowest BCUT2D eigenvalue weighted by molar-refractivity contribution is 0.340. The minimum absolute atomic E-state index is 0.292. The van der Waals surface area contributed by atoms with Gasteiger partial charge in [0.1, 0.15) is 5.75 Å². The van der Waals surface area contributed by atoms with Crippen LogP contribution in [0.1, 0.15) is 23.6 Å².